The Balaban J connectivity index is 2.68. The molecule has 0 radical (unpaired) electrons. The molecule has 1 heterocycles. The SMILES string of the molecule is CSc1ccc2sc(CO)c(C)c2c1. The summed E-state index contributed by atoms with van der Waals surface area (Å²) in [5.74, 6) is 0. The van der Waals surface area contributed by atoms with Crippen molar-refractivity contribution in [2.45, 2.75) is 18.4 Å². The largest absolute Gasteiger partial charge is 0.391 e. The van der Waals surface area contributed by atoms with Crippen LogP contribution in [0.1, 0.15) is 10.4 Å². The van der Waals surface area contributed by atoms with E-state index in [4.69, 9.17) is 5.11 Å². The molecule has 0 fully saturated rings. The van der Waals surface area contributed by atoms with E-state index in [0.29, 0.717) is 0 Å². The first-order chi connectivity index (χ1) is 6.76. The highest BCUT2D eigenvalue weighted by atomic mass is 32.2. The molecule has 0 aliphatic carbocycles. The number of aliphatic hydroxyl groups is 1. The summed E-state index contributed by atoms with van der Waals surface area (Å²) in [5.41, 5.74) is 1.23. The summed E-state index contributed by atoms with van der Waals surface area (Å²) in [5, 5.41) is 10.4. The molecule has 1 nitrogen and oxygen atoms in total. The van der Waals surface area contributed by atoms with Crippen LogP contribution in [-0.4, -0.2) is 11.4 Å². The topological polar surface area (TPSA) is 20.2 Å². The van der Waals surface area contributed by atoms with Crippen LogP contribution in [0, 0.1) is 6.92 Å². The monoisotopic (exact) mass is 224 g/mol. The van der Waals surface area contributed by atoms with E-state index in [-0.39, 0.29) is 6.61 Å². The molecule has 0 unspecified atom stereocenters. The van der Waals surface area contributed by atoms with Crippen molar-refractivity contribution in [3.63, 3.8) is 0 Å². The fourth-order valence-corrected chi connectivity index (χ4v) is 3.02. The quantitative estimate of drug-likeness (QED) is 0.789. The van der Waals surface area contributed by atoms with Crippen LogP contribution in [-0.2, 0) is 6.61 Å². The summed E-state index contributed by atoms with van der Waals surface area (Å²) in [6, 6.07) is 6.47. The number of thiophene rings is 1. The molecule has 2 rings (SSSR count). The number of rotatable bonds is 2. The number of aryl methyl sites for hydroxylation is 1. The molecule has 0 spiro atoms. The third kappa shape index (κ3) is 1.56. The van der Waals surface area contributed by atoms with E-state index in [9.17, 15) is 0 Å². The maximum Gasteiger partial charge on any atom is 0.0777 e. The normalized spacial score (nSPS) is 11.1. The van der Waals surface area contributed by atoms with Crippen LogP contribution in [0.15, 0.2) is 23.1 Å². The van der Waals surface area contributed by atoms with Crippen molar-refractivity contribution < 1.29 is 5.11 Å². The zero-order valence-electron chi connectivity index (χ0n) is 8.20. The van der Waals surface area contributed by atoms with Crippen LogP contribution in [0.25, 0.3) is 10.1 Å². The Hall–Kier alpha value is -0.510. The molecule has 1 aromatic carbocycles. The summed E-state index contributed by atoms with van der Waals surface area (Å²) in [7, 11) is 0. The minimum atomic E-state index is 0.153. The lowest BCUT2D eigenvalue weighted by Gasteiger charge is -1.96. The summed E-state index contributed by atoms with van der Waals surface area (Å²) in [6.07, 6.45) is 2.08. The zero-order valence-corrected chi connectivity index (χ0v) is 9.84. The van der Waals surface area contributed by atoms with Gasteiger partial charge in [0.25, 0.3) is 0 Å². The van der Waals surface area contributed by atoms with E-state index in [0.717, 1.165) is 4.88 Å². The predicted molar refractivity (Wildman–Crippen MR) is 64.3 cm³/mol. The molecule has 0 aliphatic rings. The number of fused-ring (bicyclic) bond motifs is 1. The van der Waals surface area contributed by atoms with Crippen LogP contribution in [0.5, 0.6) is 0 Å². The van der Waals surface area contributed by atoms with Crippen molar-refractivity contribution in [3.05, 3.63) is 28.6 Å². The Morgan fingerprint density at radius 1 is 1.43 bits per heavy atom. The van der Waals surface area contributed by atoms with E-state index in [1.807, 2.05) is 0 Å². The van der Waals surface area contributed by atoms with Crippen molar-refractivity contribution in [2.24, 2.45) is 0 Å². The Morgan fingerprint density at radius 3 is 2.86 bits per heavy atom. The lowest BCUT2D eigenvalue weighted by Crippen LogP contribution is -1.79. The van der Waals surface area contributed by atoms with Gasteiger partial charge in [0.05, 0.1) is 6.61 Å². The fraction of sp³-hybridized carbons (Fsp3) is 0.273. The maximum atomic E-state index is 9.15. The minimum Gasteiger partial charge on any atom is -0.391 e. The maximum absolute atomic E-state index is 9.15. The van der Waals surface area contributed by atoms with Gasteiger partial charge in [0, 0.05) is 14.5 Å². The molecule has 1 aromatic heterocycles. The number of thioether (sulfide) groups is 1. The van der Waals surface area contributed by atoms with Gasteiger partial charge in [-0.2, -0.15) is 0 Å². The molecular formula is C11H12OS2. The molecule has 2 aromatic rings. The highest BCUT2D eigenvalue weighted by Crippen LogP contribution is 2.33. The minimum absolute atomic E-state index is 0.153. The van der Waals surface area contributed by atoms with Gasteiger partial charge in [0.2, 0.25) is 0 Å². The average molecular weight is 224 g/mol. The highest BCUT2D eigenvalue weighted by Gasteiger charge is 2.07. The predicted octanol–water partition coefficient (Wildman–Crippen LogP) is 3.42. The van der Waals surface area contributed by atoms with Crippen LogP contribution in [0.2, 0.25) is 0 Å². The Bertz CT molecular complexity index is 460. The smallest absolute Gasteiger partial charge is 0.0777 e. The second-order valence-corrected chi connectivity index (χ2v) is 5.19. The Kier molecular flexibility index (Phi) is 2.81. The first-order valence-electron chi connectivity index (χ1n) is 4.43. The van der Waals surface area contributed by atoms with Crippen molar-refractivity contribution in [2.75, 3.05) is 6.26 Å². The first kappa shape index (κ1) is 10.0. The van der Waals surface area contributed by atoms with Gasteiger partial charge in [-0.15, -0.1) is 23.1 Å². The van der Waals surface area contributed by atoms with E-state index in [1.54, 1.807) is 23.1 Å². The van der Waals surface area contributed by atoms with Crippen molar-refractivity contribution in [1.29, 1.82) is 0 Å². The second kappa shape index (κ2) is 3.93. The van der Waals surface area contributed by atoms with Gasteiger partial charge in [0.1, 0.15) is 0 Å². The summed E-state index contributed by atoms with van der Waals surface area (Å²) in [4.78, 5) is 2.36. The molecule has 0 saturated carbocycles. The third-order valence-electron chi connectivity index (χ3n) is 2.39. The molecule has 3 heteroatoms. The molecule has 0 aliphatic heterocycles. The molecule has 0 saturated heterocycles. The summed E-state index contributed by atoms with van der Waals surface area (Å²) in [6.45, 7) is 2.23. The van der Waals surface area contributed by atoms with Gasteiger partial charge in [-0.1, -0.05) is 0 Å². The van der Waals surface area contributed by atoms with Gasteiger partial charge in [-0.3, -0.25) is 0 Å². The second-order valence-electron chi connectivity index (χ2n) is 3.17. The van der Waals surface area contributed by atoms with Crippen molar-refractivity contribution in [3.8, 4) is 0 Å². The van der Waals surface area contributed by atoms with Crippen LogP contribution in [0.4, 0.5) is 0 Å². The number of benzene rings is 1. The zero-order chi connectivity index (χ0) is 10.1. The number of aliphatic hydroxyl groups excluding tert-OH is 1. The van der Waals surface area contributed by atoms with E-state index >= 15 is 0 Å². The molecule has 1 N–H and O–H groups in total. The van der Waals surface area contributed by atoms with Crippen LogP contribution < -0.4 is 0 Å². The lowest BCUT2D eigenvalue weighted by atomic mass is 10.1. The van der Waals surface area contributed by atoms with E-state index in [1.165, 1.54) is 20.5 Å². The average Bonchev–Trinajstić information content (AvgIpc) is 2.55. The molecule has 74 valence electrons. The lowest BCUT2D eigenvalue weighted by molar-refractivity contribution is 0.285. The third-order valence-corrected chi connectivity index (χ3v) is 4.37. The van der Waals surface area contributed by atoms with Crippen LogP contribution in [0.3, 0.4) is 0 Å². The summed E-state index contributed by atoms with van der Waals surface area (Å²) >= 11 is 3.44. The fourth-order valence-electron chi connectivity index (χ4n) is 1.53. The summed E-state index contributed by atoms with van der Waals surface area (Å²) < 4.78 is 1.27. The van der Waals surface area contributed by atoms with Gasteiger partial charge < -0.3 is 5.11 Å². The van der Waals surface area contributed by atoms with Gasteiger partial charge in [-0.05, 0) is 42.3 Å². The van der Waals surface area contributed by atoms with E-state index < -0.39 is 0 Å². The van der Waals surface area contributed by atoms with E-state index in [2.05, 4.69) is 31.4 Å². The molecule has 0 amide bonds. The van der Waals surface area contributed by atoms with Gasteiger partial charge in [-0.25, -0.2) is 0 Å². The first-order valence-corrected chi connectivity index (χ1v) is 6.47. The van der Waals surface area contributed by atoms with Crippen molar-refractivity contribution >= 4 is 33.2 Å². The molecule has 0 bridgehead atoms. The molecule has 14 heavy (non-hydrogen) atoms. The number of hydrogen-bond donors (Lipinski definition) is 1. The molecule has 0 atom stereocenters. The highest BCUT2D eigenvalue weighted by molar-refractivity contribution is 7.98. The Labute approximate surface area is 91.8 Å². The van der Waals surface area contributed by atoms with Crippen molar-refractivity contribution in [1.82, 2.24) is 0 Å². The molecular weight excluding hydrogens is 212 g/mol. The van der Waals surface area contributed by atoms with Crippen LogP contribution >= 0.6 is 23.1 Å². The number of hydrogen-bond acceptors (Lipinski definition) is 3. The van der Waals surface area contributed by atoms with Gasteiger partial charge >= 0.3 is 0 Å². The standard InChI is InChI=1S/C11H12OS2/c1-7-9-5-8(13-2)3-4-10(9)14-11(7)6-12/h3-5,12H,6H2,1-2H3. The Morgan fingerprint density at radius 2 is 2.21 bits per heavy atom. The van der Waals surface area contributed by atoms with Gasteiger partial charge in [0.15, 0.2) is 0 Å².